The van der Waals surface area contributed by atoms with E-state index in [0.29, 0.717) is 22.2 Å². The summed E-state index contributed by atoms with van der Waals surface area (Å²) in [6, 6.07) is 5.60. The van der Waals surface area contributed by atoms with Gasteiger partial charge in [-0.3, -0.25) is 4.79 Å². The monoisotopic (exact) mass is 688 g/mol. The minimum absolute atomic E-state index is 0.138. The lowest BCUT2D eigenvalue weighted by Crippen LogP contribution is -2.21. The topological polar surface area (TPSA) is 93.4 Å². The molecular formula is C36H56N4O3S3. The van der Waals surface area contributed by atoms with Crippen LogP contribution in [0.15, 0.2) is 39.3 Å². The molecule has 1 N–H and O–H groups in total. The molecule has 0 radical (unpaired) electrons. The first-order valence-electron chi connectivity index (χ1n) is 18.1. The number of amides is 1. The van der Waals surface area contributed by atoms with Crippen molar-refractivity contribution in [1.29, 1.82) is 0 Å². The first-order chi connectivity index (χ1) is 22.5. The minimum Gasteiger partial charge on any atom is -0.338 e. The second-order valence-electron chi connectivity index (χ2n) is 12.9. The summed E-state index contributed by atoms with van der Waals surface area (Å²) in [5.74, 6) is 1.20. The maximum Gasteiger partial charge on any atom is 0.272 e. The van der Waals surface area contributed by atoms with Crippen LogP contribution in [0.4, 0.5) is 11.5 Å². The van der Waals surface area contributed by atoms with Gasteiger partial charge in [0.15, 0.2) is 5.82 Å². The lowest BCUT2D eigenvalue weighted by Gasteiger charge is -2.21. The molecule has 46 heavy (non-hydrogen) atoms. The quantitative estimate of drug-likeness (QED) is 0.0739. The first-order valence-corrected chi connectivity index (χ1v) is 21.4. The molecule has 0 saturated carbocycles. The SMILES string of the molecule is CCCCCCCCCCCCSc1ccc2c(c1)S(=O)(=O)n1cnc(C3=NC(=O)C(CCCCCCCCCCCC)S3)c1N2. The molecule has 2 aliphatic heterocycles. The van der Waals surface area contributed by atoms with Crippen molar-refractivity contribution in [3.8, 4) is 0 Å². The molecule has 0 bridgehead atoms. The third kappa shape index (κ3) is 10.9. The third-order valence-electron chi connectivity index (χ3n) is 9.01. The Morgan fingerprint density at radius 1 is 0.804 bits per heavy atom. The highest BCUT2D eigenvalue weighted by molar-refractivity contribution is 8.16. The molecule has 3 heterocycles. The van der Waals surface area contributed by atoms with Gasteiger partial charge in [-0.05, 0) is 36.8 Å². The van der Waals surface area contributed by atoms with Gasteiger partial charge in [0.1, 0.15) is 22.0 Å². The van der Waals surface area contributed by atoms with Gasteiger partial charge in [0.2, 0.25) is 0 Å². The number of rotatable bonds is 24. The number of hydrogen-bond acceptors (Lipinski definition) is 7. The number of anilines is 2. The average Bonchev–Trinajstić information content (AvgIpc) is 3.64. The Morgan fingerprint density at radius 3 is 1.98 bits per heavy atom. The molecule has 10 heteroatoms. The molecule has 0 aliphatic carbocycles. The molecule has 0 spiro atoms. The zero-order chi connectivity index (χ0) is 32.6. The van der Waals surface area contributed by atoms with Crippen LogP contribution in [-0.2, 0) is 14.8 Å². The number of carbonyl (C=O) groups is 1. The van der Waals surface area contributed by atoms with Crippen molar-refractivity contribution in [3.63, 3.8) is 0 Å². The molecule has 1 amide bonds. The van der Waals surface area contributed by atoms with Crippen LogP contribution in [0.5, 0.6) is 0 Å². The summed E-state index contributed by atoms with van der Waals surface area (Å²) in [4.78, 5) is 22.7. The van der Waals surface area contributed by atoms with Gasteiger partial charge in [0, 0.05) is 4.90 Å². The highest BCUT2D eigenvalue weighted by Crippen LogP contribution is 2.40. The van der Waals surface area contributed by atoms with Crippen LogP contribution in [0.1, 0.15) is 154 Å². The summed E-state index contributed by atoms with van der Waals surface area (Å²) in [5, 5.41) is 3.57. The second-order valence-corrected chi connectivity index (χ2v) is 17.0. The summed E-state index contributed by atoms with van der Waals surface area (Å²) in [7, 11) is -3.82. The Bertz CT molecular complexity index is 1370. The zero-order valence-corrected chi connectivity index (χ0v) is 30.7. The molecule has 7 nitrogen and oxygen atoms in total. The summed E-state index contributed by atoms with van der Waals surface area (Å²) >= 11 is 3.14. The molecule has 0 saturated heterocycles. The van der Waals surface area contributed by atoms with E-state index >= 15 is 0 Å². The van der Waals surface area contributed by atoms with Crippen LogP contribution in [0.25, 0.3) is 0 Å². The zero-order valence-electron chi connectivity index (χ0n) is 28.2. The van der Waals surface area contributed by atoms with Crippen molar-refractivity contribution in [1.82, 2.24) is 8.96 Å². The molecule has 2 aromatic rings. The molecular weight excluding hydrogens is 633 g/mol. The first kappa shape index (κ1) is 37.0. The Morgan fingerprint density at radius 2 is 1.37 bits per heavy atom. The van der Waals surface area contributed by atoms with Crippen LogP contribution in [-0.4, -0.2) is 39.3 Å². The highest BCUT2D eigenvalue weighted by Gasteiger charge is 2.36. The van der Waals surface area contributed by atoms with Crippen molar-refractivity contribution in [2.75, 3.05) is 11.1 Å². The van der Waals surface area contributed by atoms with Crippen molar-refractivity contribution in [2.24, 2.45) is 4.99 Å². The molecule has 1 aromatic carbocycles. The smallest absolute Gasteiger partial charge is 0.272 e. The van der Waals surface area contributed by atoms with Gasteiger partial charge >= 0.3 is 0 Å². The third-order valence-corrected chi connectivity index (χ3v) is 13.0. The largest absolute Gasteiger partial charge is 0.338 e. The fourth-order valence-electron chi connectivity index (χ4n) is 6.20. The lowest BCUT2D eigenvalue weighted by molar-refractivity contribution is -0.117. The normalized spacial score (nSPS) is 16.7. The van der Waals surface area contributed by atoms with Crippen LogP contribution >= 0.6 is 23.5 Å². The Hall–Kier alpha value is -1.78. The molecule has 0 fully saturated rings. The number of aliphatic imine (C=N–C) groups is 1. The van der Waals surface area contributed by atoms with E-state index in [9.17, 15) is 13.2 Å². The Labute approximate surface area is 287 Å². The fraction of sp³-hybridized carbons (Fsp3) is 0.694. The lowest BCUT2D eigenvalue weighted by atomic mass is 10.1. The van der Waals surface area contributed by atoms with Crippen LogP contribution in [0.3, 0.4) is 0 Å². The van der Waals surface area contributed by atoms with Gasteiger partial charge in [-0.1, -0.05) is 148 Å². The van der Waals surface area contributed by atoms with Gasteiger partial charge in [0.25, 0.3) is 15.9 Å². The number of carbonyl (C=O) groups excluding carboxylic acids is 1. The average molecular weight is 689 g/mol. The maximum atomic E-state index is 13.6. The number of imidazole rings is 1. The summed E-state index contributed by atoms with van der Waals surface area (Å²) in [5.41, 5.74) is 0.965. The van der Waals surface area contributed by atoms with Crippen molar-refractivity contribution >= 4 is 56.0 Å². The van der Waals surface area contributed by atoms with Gasteiger partial charge in [-0.15, -0.1) is 11.8 Å². The van der Waals surface area contributed by atoms with E-state index in [2.05, 4.69) is 29.1 Å². The van der Waals surface area contributed by atoms with Gasteiger partial charge in [0.05, 0.1) is 10.9 Å². The number of hydrogen-bond donors (Lipinski definition) is 1. The number of benzene rings is 1. The maximum absolute atomic E-state index is 13.6. The Kier molecular flexibility index (Phi) is 16.0. The van der Waals surface area contributed by atoms with E-state index in [0.717, 1.165) is 36.3 Å². The minimum atomic E-state index is -3.82. The second kappa shape index (κ2) is 19.9. The molecule has 2 aliphatic rings. The standard InChI is InChI=1S/C36H56N4O3S3/c1-3-5-7-9-11-13-15-17-19-21-23-31-35(41)39-36(45-31)33-34-38-30-25-24-29(27-32(30)46(42,43)40(34)28-37-33)44-26-22-20-18-16-14-12-10-8-6-4-2/h24-25,27-28,31,38H,3-23,26H2,1-2H3. The number of unbranched alkanes of at least 4 members (excludes halogenated alkanes) is 18. The Balaban J connectivity index is 1.21. The predicted molar refractivity (Wildman–Crippen MR) is 196 cm³/mol. The summed E-state index contributed by atoms with van der Waals surface area (Å²) in [6.45, 7) is 4.51. The van der Waals surface area contributed by atoms with E-state index in [-0.39, 0.29) is 16.1 Å². The van der Waals surface area contributed by atoms with Crippen LogP contribution in [0.2, 0.25) is 0 Å². The van der Waals surface area contributed by atoms with Gasteiger partial charge in [-0.2, -0.15) is 0 Å². The number of thioether (sulfide) groups is 2. The van der Waals surface area contributed by atoms with E-state index in [1.54, 1.807) is 17.8 Å². The van der Waals surface area contributed by atoms with E-state index < -0.39 is 10.0 Å². The molecule has 1 aromatic heterocycles. The summed E-state index contributed by atoms with van der Waals surface area (Å²) < 4.78 is 28.5. The van der Waals surface area contributed by atoms with Crippen LogP contribution < -0.4 is 5.32 Å². The fourth-order valence-corrected chi connectivity index (χ4v) is 9.76. The number of aromatic nitrogens is 2. The molecule has 1 unspecified atom stereocenters. The molecule has 256 valence electrons. The number of nitrogens with one attached hydrogen (secondary N) is 1. The van der Waals surface area contributed by atoms with E-state index in [1.165, 1.54) is 131 Å². The predicted octanol–water partition coefficient (Wildman–Crippen LogP) is 10.9. The van der Waals surface area contributed by atoms with Crippen LogP contribution in [0, 0.1) is 0 Å². The van der Waals surface area contributed by atoms with E-state index in [1.807, 2.05) is 12.1 Å². The van der Waals surface area contributed by atoms with Crippen molar-refractivity contribution in [2.45, 2.75) is 164 Å². The molecule has 1 atom stereocenters. The van der Waals surface area contributed by atoms with Crippen molar-refractivity contribution < 1.29 is 13.2 Å². The van der Waals surface area contributed by atoms with Gasteiger partial charge < -0.3 is 5.32 Å². The molecule has 4 rings (SSSR count). The van der Waals surface area contributed by atoms with E-state index in [4.69, 9.17) is 0 Å². The van der Waals surface area contributed by atoms with Gasteiger partial charge in [-0.25, -0.2) is 22.4 Å². The van der Waals surface area contributed by atoms with Crippen molar-refractivity contribution in [3.05, 3.63) is 30.2 Å². The summed E-state index contributed by atoms with van der Waals surface area (Å²) in [6.07, 6.45) is 27.7. The highest BCUT2D eigenvalue weighted by atomic mass is 32.2. The number of nitrogens with zero attached hydrogens (tertiary/aromatic N) is 3. The number of fused-ring (bicyclic) bond motifs is 2.